The van der Waals surface area contributed by atoms with Crippen molar-refractivity contribution >= 4 is 6.21 Å². The molecular formula is C22H36N3+. The predicted molar refractivity (Wildman–Crippen MR) is 103 cm³/mol. The number of imidazole rings is 1. The first-order chi connectivity index (χ1) is 12.4. The van der Waals surface area contributed by atoms with Crippen molar-refractivity contribution in [2.24, 2.45) is 4.99 Å². The normalized spacial score (nSPS) is 25.0. The molecule has 3 fully saturated rings. The number of nitrogens with zero attached hydrogens (tertiary/aromatic N) is 3. The molecule has 138 valence electrons. The highest BCUT2D eigenvalue weighted by molar-refractivity contribution is 5.73. The van der Waals surface area contributed by atoms with E-state index in [2.05, 4.69) is 27.7 Å². The molecule has 0 unspecified atom stereocenters. The first kappa shape index (κ1) is 17.3. The van der Waals surface area contributed by atoms with E-state index in [9.17, 15) is 0 Å². The van der Waals surface area contributed by atoms with Crippen LogP contribution in [0.5, 0.6) is 0 Å². The van der Waals surface area contributed by atoms with Gasteiger partial charge in [0.1, 0.15) is 30.7 Å². The molecule has 0 bridgehead atoms. The van der Waals surface area contributed by atoms with Crippen molar-refractivity contribution in [1.29, 1.82) is 0 Å². The zero-order chi connectivity index (χ0) is 16.9. The van der Waals surface area contributed by atoms with E-state index in [0.29, 0.717) is 18.1 Å². The second-order valence-corrected chi connectivity index (χ2v) is 8.62. The average Bonchev–Trinajstić information content (AvgIpc) is 3.12. The molecular weight excluding hydrogens is 306 g/mol. The van der Waals surface area contributed by atoms with Crippen molar-refractivity contribution in [3.8, 4) is 0 Å². The van der Waals surface area contributed by atoms with Crippen molar-refractivity contribution in [2.75, 3.05) is 0 Å². The van der Waals surface area contributed by atoms with Crippen LogP contribution in [0.1, 0.15) is 114 Å². The summed E-state index contributed by atoms with van der Waals surface area (Å²) >= 11 is 0. The van der Waals surface area contributed by atoms with Crippen molar-refractivity contribution in [1.82, 2.24) is 4.57 Å². The van der Waals surface area contributed by atoms with E-state index in [1.165, 1.54) is 102 Å². The van der Waals surface area contributed by atoms with E-state index >= 15 is 0 Å². The lowest BCUT2D eigenvalue weighted by atomic mass is 9.94. The third-order valence-corrected chi connectivity index (χ3v) is 6.83. The minimum Gasteiger partial charge on any atom is -0.281 e. The molecule has 3 nitrogen and oxygen atoms in total. The molecule has 0 radical (unpaired) electrons. The molecule has 4 rings (SSSR count). The van der Waals surface area contributed by atoms with Gasteiger partial charge in [0.05, 0.1) is 6.04 Å². The molecule has 1 aromatic rings. The topological polar surface area (TPSA) is 21.2 Å². The highest BCUT2D eigenvalue weighted by Crippen LogP contribution is 2.30. The summed E-state index contributed by atoms with van der Waals surface area (Å²) in [5, 5.41) is 0. The number of aromatic nitrogens is 2. The van der Waals surface area contributed by atoms with E-state index in [-0.39, 0.29) is 0 Å². The van der Waals surface area contributed by atoms with E-state index in [1.807, 2.05) is 0 Å². The molecule has 3 aliphatic carbocycles. The zero-order valence-corrected chi connectivity index (χ0v) is 15.9. The Hall–Kier alpha value is -1.12. The number of hydrogen-bond donors (Lipinski definition) is 0. The Morgan fingerprint density at radius 2 is 1.40 bits per heavy atom. The van der Waals surface area contributed by atoms with Gasteiger partial charge in [0.15, 0.2) is 0 Å². The Labute approximate surface area is 153 Å². The monoisotopic (exact) mass is 342 g/mol. The first-order valence-electron chi connectivity index (χ1n) is 11.1. The molecule has 0 spiro atoms. The van der Waals surface area contributed by atoms with Crippen molar-refractivity contribution in [3.05, 3.63) is 18.2 Å². The van der Waals surface area contributed by atoms with Crippen LogP contribution >= 0.6 is 0 Å². The zero-order valence-electron chi connectivity index (χ0n) is 15.9. The summed E-state index contributed by atoms with van der Waals surface area (Å²) in [5.74, 6) is 1.39. The van der Waals surface area contributed by atoms with E-state index < -0.39 is 0 Å². The summed E-state index contributed by atoms with van der Waals surface area (Å²) in [6, 6.07) is 1.97. The molecule has 3 aliphatic rings. The van der Waals surface area contributed by atoms with Crippen LogP contribution in [0.15, 0.2) is 17.4 Å². The van der Waals surface area contributed by atoms with Crippen LogP contribution in [0.3, 0.4) is 0 Å². The second kappa shape index (κ2) is 8.51. The largest absolute Gasteiger partial charge is 0.300 e. The Morgan fingerprint density at radius 3 is 2.08 bits per heavy atom. The first-order valence-corrected chi connectivity index (χ1v) is 11.1. The number of rotatable bonds is 4. The molecule has 0 atom stereocenters. The van der Waals surface area contributed by atoms with E-state index in [4.69, 9.17) is 4.99 Å². The van der Waals surface area contributed by atoms with Gasteiger partial charge in [0, 0.05) is 0 Å². The SMILES string of the molecule is C(=NC1CCCCC1)c1n(C2CCCCC2)cc[n+]1C1CCCCC1. The van der Waals surface area contributed by atoms with Gasteiger partial charge in [-0.3, -0.25) is 4.99 Å². The summed E-state index contributed by atoms with van der Waals surface area (Å²) in [7, 11) is 0. The summed E-state index contributed by atoms with van der Waals surface area (Å²) in [4.78, 5) is 5.07. The molecule has 3 heteroatoms. The Kier molecular flexibility index (Phi) is 5.89. The van der Waals surface area contributed by atoms with Crippen molar-refractivity contribution in [3.63, 3.8) is 0 Å². The van der Waals surface area contributed by atoms with Gasteiger partial charge in [-0.1, -0.05) is 32.1 Å². The summed E-state index contributed by atoms with van der Waals surface area (Å²) in [6.07, 6.45) is 27.6. The maximum atomic E-state index is 5.07. The third-order valence-electron chi connectivity index (χ3n) is 6.83. The maximum Gasteiger partial charge on any atom is 0.300 e. The van der Waals surface area contributed by atoms with Gasteiger partial charge in [-0.25, -0.2) is 9.13 Å². The highest BCUT2D eigenvalue weighted by Gasteiger charge is 2.29. The molecule has 1 aromatic heterocycles. The fourth-order valence-electron chi connectivity index (χ4n) is 5.30. The molecule has 0 aliphatic heterocycles. The maximum absolute atomic E-state index is 5.07. The predicted octanol–water partition coefficient (Wildman–Crippen LogP) is 5.54. The Bertz CT molecular complexity index is 520. The quantitative estimate of drug-likeness (QED) is 0.506. The highest BCUT2D eigenvalue weighted by atomic mass is 15.2. The van der Waals surface area contributed by atoms with Crippen LogP contribution in [-0.4, -0.2) is 16.8 Å². The molecule has 3 saturated carbocycles. The standard InChI is InChI=1S/C22H36N3/c1-4-10-19(11-5-1)23-18-22-24(20-12-6-2-7-13-20)16-17-25(22)21-14-8-3-9-15-21/h16-21H,1-15H2/q+1. The van der Waals surface area contributed by atoms with Gasteiger partial charge in [-0.15, -0.1) is 0 Å². The van der Waals surface area contributed by atoms with Crippen LogP contribution in [-0.2, 0) is 0 Å². The van der Waals surface area contributed by atoms with Crippen molar-refractivity contribution < 1.29 is 4.57 Å². The molecule has 0 amide bonds. The lowest BCUT2D eigenvalue weighted by Gasteiger charge is -2.22. The summed E-state index contributed by atoms with van der Waals surface area (Å²) in [6.45, 7) is 0. The Morgan fingerprint density at radius 1 is 0.800 bits per heavy atom. The fraction of sp³-hybridized carbons (Fsp3) is 0.818. The molecule has 25 heavy (non-hydrogen) atoms. The fourth-order valence-corrected chi connectivity index (χ4v) is 5.30. The van der Waals surface area contributed by atoms with Crippen LogP contribution in [0, 0.1) is 0 Å². The smallest absolute Gasteiger partial charge is 0.281 e. The second-order valence-electron chi connectivity index (χ2n) is 8.62. The van der Waals surface area contributed by atoms with Crippen molar-refractivity contribution in [2.45, 2.75) is 114 Å². The van der Waals surface area contributed by atoms with Gasteiger partial charge in [0.25, 0.3) is 5.82 Å². The van der Waals surface area contributed by atoms with Gasteiger partial charge in [-0.2, -0.15) is 0 Å². The number of aliphatic imine (C=N–C) groups is 1. The van der Waals surface area contributed by atoms with Gasteiger partial charge in [0.2, 0.25) is 0 Å². The van der Waals surface area contributed by atoms with E-state index in [0.717, 1.165) is 0 Å². The van der Waals surface area contributed by atoms with Gasteiger partial charge < -0.3 is 0 Å². The summed E-state index contributed by atoms with van der Waals surface area (Å²) < 4.78 is 5.17. The van der Waals surface area contributed by atoms with Gasteiger partial charge in [-0.05, 0) is 64.2 Å². The Balaban J connectivity index is 1.59. The molecule has 0 aromatic carbocycles. The van der Waals surface area contributed by atoms with Gasteiger partial charge >= 0.3 is 0 Å². The molecule has 0 saturated heterocycles. The van der Waals surface area contributed by atoms with Crippen LogP contribution in [0.2, 0.25) is 0 Å². The lowest BCUT2D eigenvalue weighted by molar-refractivity contribution is -0.726. The summed E-state index contributed by atoms with van der Waals surface area (Å²) in [5.41, 5.74) is 0. The molecule has 0 N–H and O–H groups in total. The van der Waals surface area contributed by atoms with Crippen LogP contribution in [0.25, 0.3) is 0 Å². The third kappa shape index (κ3) is 4.17. The average molecular weight is 343 g/mol. The minimum absolute atomic E-state index is 0.572. The van der Waals surface area contributed by atoms with E-state index in [1.54, 1.807) is 0 Å². The minimum atomic E-state index is 0.572. The van der Waals surface area contributed by atoms with Crippen LogP contribution < -0.4 is 4.57 Å². The molecule has 1 heterocycles. The number of hydrogen-bond acceptors (Lipinski definition) is 1. The van der Waals surface area contributed by atoms with Crippen LogP contribution in [0.4, 0.5) is 0 Å². The lowest BCUT2D eigenvalue weighted by Crippen LogP contribution is -2.43.